The van der Waals surface area contributed by atoms with Gasteiger partial charge in [-0.3, -0.25) is 4.79 Å². The van der Waals surface area contributed by atoms with Crippen LogP contribution in [0.2, 0.25) is 0 Å². The smallest absolute Gasteiger partial charge is 0.251 e. The van der Waals surface area contributed by atoms with Crippen LogP contribution in [0.15, 0.2) is 18.2 Å². The molecule has 0 aliphatic heterocycles. The second kappa shape index (κ2) is 10.3. The topological polar surface area (TPSA) is 47.6 Å². The van der Waals surface area contributed by atoms with Crippen molar-refractivity contribution in [3.05, 3.63) is 29.3 Å². The lowest BCUT2D eigenvalue weighted by Gasteiger charge is -2.15. The van der Waals surface area contributed by atoms with Crippen molar-refractivity contribution in [3.8, 4) is 5.75 Å². The number of ether oxygens (including phenoxy) is 2. The molecule has 1 N–H and O–H groups in total. The maximum atomic E-state index is 12.3. The highest BCUT2D eigenvalue weighted by molar-refractivity contribution is 5.94. The summed E-state index contributed by atoms with van der Waals surface area (Å²) >= 11 is 0. The average Bonchev–Trinajstić information content (AvgIpc) is 2.48. The first-order valence-electron chi connectivity index (χ1n) is 8.62. The van der Waals surface area contributed by atoms with E-state index < -0.39 is 0 Å². The second-order valence-electron chi connectivity index (χ2n) is 6.33. The van der Waals surface area contributed by atoms with E-state index in [-0.39, 0.29) is 11.9 Å². The van der Waals surface area contributed by atoms with Gasteiger partial charge in [0.1, 0.15) is 5.75 Å². The standard InChI is InChI=1S/C19H31NO3/c1-6-8-15(5)20-19(21)16-9-10-18(23-7-2)17(11-16)13-22-12-14(3)4/h9-11,14-15H,6-8,12-13H2,1-5H3,(H,20,21)/t15-/m0/s1. The van der Waals surface area contributed by atoms with Crippen LogP contribution in [0.3, 0.4) is 0 Å². The number of rotatable bonds is 10. The molecule has 1 amide bonds. The van der Waals surface area contributed by atoms with E-state index in [1.807, 2.05) is 32.0 Å². The highest BCUT2D eigenvalue weighted by Crippen LogP contribution is 2.22. The third-order valence-corrected chi connectivity index (χ3v) is 3.43. The molecule has 1 aromatic carbocycles. The Kier molecular flexibility index (Phi) is 8.70. The van der Waals surface area contributed by atoms with Gasteiger partial charge in [-0.25, -0.2) is 0 Å². The number of hydrogen-bond donors (Lipinski definition) is 1. The van der Waals surface area contributed by atoms with Crippen LogP contribution >= 0.6 is 0 Å². The first-order valence-corrected chi connectivity index (χ1v) is 8.62. The van der Waals surface area contributed by atoms with Crippen molar-refractivity contribution in [2.75, 3.05) is 13.2 Å². The van der Waals surface area contributed by atoms with Gasteiger partial charge in [0.25, 0.3) is 5.91 Å². The van der Waals surface area contributed by atoms with E-state index in [0.717, 1.165) is 24.2 Å². The van der Waals surface area contributed by atoms with Gasteiger partial charge in [0.05, 0.1) is 13.2 Å². The molecule has 4 nitrogen and oxygen atoms in total. The Morgan fingerprint density at radius 3 is 2.57 bits per heavy atom. The Labute approximate surface area is 140 Å². The molecule has 0 radical (unpaired) electrons. The van der Waals surface area contributed by atoms with Crippen molar-refractivity contribution in [2.45, 2.75) is 60.1 Å². The Morgan fingerprint density at radius 2 is 1.96 bits per heavy atom. The fourth-order valence-electron chi connectivity index (χ4n) is 2.35. The quantitative estimate of drug-likeness (QED) is 0.703. The van der Waals surface area contributed by atoms with Gasteiger partial charge in [-0.15, -0.1) is 0 Å². The van der Waals surface area contributed by atoms with Crippen molar-refractivity contribution in [3.63, 3.8) is 0 Å². The van der Waals surface area contributed by atoms with Crippen molar-refractivity contribution in [1.82, 2.24) is 5.32 Å². The van der Waals surface area contributed by atoms with Gasteiger partial charge in [-0.2, -0.15) is 0 Å². The Morgan fingerprint density at radius 1 is 1.22 bits per heavy atom. The predicted octanol–water partition coefficient (Wildman–Crippen LogP) is 4.18. The second-order valence-corrected chi connectivity index (χ2v) is 6.33. The molecule has 0 spiro atoms. The monoisotopic (exact) mass is 321 g/mol. The molecule has 0 aromatic heterocycles. The van der Waals surface area contributed by atoms with Gasteiger partial charge >= 0.3 is 0 Å². The molecular formula is C19H31NO3. The molecule has 130 valence electrons. The molecule has 0 aliphatic rings. The van der Waals surface area contributed by atoms with Crippen LogP contribution in [0, 0.1) is 5.92 Å². The molecule has 0 aliphatic carbocycles. The van der Waals surface area contributed by atoms with E-state index in [9.17, 15) is 4.79 Å². The summed E-state index contributed by atoms with van der Waals surface area (Å²) in [6, 6.07) is 5.72. The summed E-state index contributed by atoms with van der Waals surface area (Å²) in [6.07, 6.45) is 2.03. The fourth-order valence-corrected chi connectivity index (χ4v) is 2.35. The number of benzene rings is 1. The minimum absolute atomic E-state index is 0.0425. The number of amides is 1. The van der Waals surface area contributed by atoms with Gasteiger partial charge in [0.15, 0.2) is 0 Å². The van der Waals surface area contributed by atoms with Crippen molar-refractivity contribution in [1.29, 1.82) is 0 Å². The molecule has 0 fully saturated rings. The number of carbonyl (C=O) groups is 1. The van der Waals surface area contributed by atoms with Crippen LogP contribution < -0.4 is 10.1 Å². The first-order chi connectivity index (χ1) is 11.0. The normalized spacial score (nSPS) is 12.3. The summed E-state index contributed by atoms with van der Waals surface area (Å²) in [4.78, 5) is 12.3. The van der Waals surface area contributed by atoms with Gasteiger partial charge in [-0.1, -0.05) is 27.2 Å². The average molecular weight is 321 g/mol. The molecule has 1 aromatic rings. The molecule has 0 unspecified atom stereocenters. The predicted molar refractivity (Wildman–Crippen MR) is 93.9 cm³/mol. The van der Waals surface area contributed by atoms with E-state index in [0.29, 0.717) is 31.3 Å². The van der Waals surface area contributed by atoms with Crippen molar-refractivity contribution >= 4 is 5.91 Å². The zero-order valence-corrected chi connectivity index (χ0v) is 15.1. The highest BCUT2D eigenvalue weighted by atomic mass is 16.5. The molecule has 0 saturated carbocycles. The molecule has 0 heterocycles. The van der Waals surface area contributed by atoms with Crippen LogP contribution in [-0.2, 0) is 11.3 Å². The van der Waals surface area contributed by atoms with E-state index in [4.69, 9.17) is 9.47 Å². The Balaban J connectivity index is 2.82. The number of carbonyl (C=O) groups excluding carboxylic acids is 1. The fraction of sp³-hybridized carbons (Fsp3) is 0.632. The number of hydrogen-bond acceptors (Lipinski definition) is 3. The summed E-state index contributed by atoms with van der Waals surface area (Å²) in [6.45, 7) is 12.1. The van der Waals surface area contributed by atoms with Gasteiger partial charge in [0, 0.05) is 23.8 Å². The summed E-state index contributed by atoms with van der Waals surface area (Å²) in [5.74, 6) is 1.22. The summed E-state index contributed by atoms with van der Waals surface area (Å²) in [5, 5.41) is 3.03. The molecule has 23 heavy (non-hydrogen) atoms. The maximum absolute atomic E-state index is 12.3. The minimum atomic E-state index is -0.0425. The van der Waals surface area contributed by atoms with Crippen molar-refractivity contribution < 1.29 is 14.3 Å². The summed E-state index contributed by atoms with van der Waals surface area (Å²) in [5.41, 5.74) is 1.57. The lowest BCUT2D eigenvalue weighted by atomic mass is 10.1. The molecule has 0 saturated heterocycles. The zero-order valence-electron chi connectivity index (χ0n) is 15.1. The first kappa shape index (κ1) is 19.5. The third kappa shape index (κ3) is 7.04. The third-order valence-electron chi connectivity index (χ3n) is 3.43. The lowest BCUT2D eigenvalue weighted by molar-refractivity contribution is 0.0927. The van der Waals surface area contributed by atoms with Gasteiger partial charge in [0.2, 0.25) is 0 Å². The minimum Gasteiger partial charge on any atom is -0.494 e. The summed E-state index contributed by atoms with van der Waals surface area (Å²) in [7, 11) is 0. The SMILES string of the molecule is CCC[C@H](C)NC(=O)c1ccc(OCC)c(COCC(C)C)c1. The van der Waals surface area contributed by atoms with E-state index in [2.05, 4.69) is 26.1 Å². The van der Waals surface area contributed by atoms with E-state index >= 15 is 0 Å². The van der Waals surface area contributed by atoms with Crippen LogP contribution in [0.4, 0.5) is 0 Å². The Hall–Kier alpha value is -1.55. The largest absolute Gasteiger partial charge is 0.494 e. The van der Waals surface area contributed by atoms with Crippen LogP contribution in [-0.4, -0.2) is 25.2 Å². The van der Waals surface area contributed by atoms with Gasteiger partial charge in [-0.05, 0) is 44.4 Å². The van der Waals surface area contributed by atoms with E-state index in [1.165, 1.54) is 0 Å². The van der Waals surface area contributed by atoms with Gasteiger partial charge < -0.3 is 14.8 Å². The molecular weight excluding hydrogens is 290 g/mol. The molecule has 1 atom stereocenters. The van der Waals surface area contributed by atoms with Crippen molar-refractivity contribution in [2.24, 2.45) is 5.92 Å². The highest BCUT2D eigenvalue weighted by Gasteiger charge is 2.13. The Bertz CT molecular complexity index is 486. The lowest BCUT2D eigenvalue weighted by Crippen LogP contribution is -2.32. The van der Waals surface area contributed by atoms with E-state index in [1.54, 1.807) is 0 Å². The van der Waals surface area contributed by atoms with Crippen LogP contribution in [0.25, 0.3) is 0 Å². The number of nitrogens with one attached hydrogen (secondary N) is 1. The molecule has 0 bridgehead atoms. The summed E-state index contributed by atoms with van der Waals surface area (Å²) < 4.78 is 11.3. The van der Waals surface area contributed by atoms with Crippen LogP contribution in [0.5, 0.6) is 5.75 Å². The maximum Gasteiger partial charge on any atom is 0.251 e. The molecule has 4 heteroatoms. The zero-order chi connectivity index (χ0) is 17.2. The molecule has 1 rings (SSSR count). The van der Waals surface area contributed by atoms with Crippen LogP contribution in [0.1, 0.15) is 63.4 Å².